The molecule has 0 spiro atoms. The van der Waals surface area contributed by atoms with Gasteiger partial charge in [-0.2, -0.15) is 0 Å². The number of amides is 4. The van der Waals surface area contributed by atoms with E-state index in [0.29, 0.717) is 27.0 Å². The van der Waals surface area contributed by atoms with Crippen molar-refractivity contribution in [1.29, 1.82) is 0 Å². The maximum absolute atomic E-state index is 14.3. The summed E-state index contributed by atoms with van der Waals surface area (Å²) in [5.74, 6) is -1.82. The zero-order chi connectivity index (χ0) is 24.2. The molecule has 0 aliphatic carbocycles. The van der Waals surface area contributed by atoms with E-state index in [4.69, 9.17) is 21.1 Å². The summed E-state index contributed by atoms with van der Waals surface area (Å²) in [7, 11) is 1.49. The van der Waals surface area contributed by atoms with Crippen molar-refractivity contribution in [2.24, 2.45) is 0 Å². The normalized spacial score (nSPS) is 14.9. The Morgan fingerprint density at radius 3 is 2.47 bits per heavy atom. The molecule has 1 aliphatic rings. The fourth-order valence-corrected chi connectivity index (χ4v) is 3.42. The van der Waals surface area contributed by atoms with E-state index in [1.165, 1.54) is 31.4 Å². The van der Waals surface area contributed by atoms with Gasteiger partial charge in [0.1, 0.15) is 29.5 Å². The Balaban J connectivity index is 1.69. The molecule has 4 amide bonds. The van der Waals surface area contributed by atoms with Crippen molar-refractivity contribution < 1.29 is 28.2 Å². The number of barbiturate groups is 1. The lowest BCUT2D eigenvalue weighted by Gasteiger charge is -2.26. The zero-order valence-corrected chi connectivity index (χ0v) is 18.6. The van der Waals surface area contributed by atoms with Crippen molar-refractivity contribution in [3.63, 3.8) is 0 Å². The van der Waals surface area contributed by atoms with Crippen molar-refractivity contribution in [2.45, 2.75) is 6.61 Å². The number of nitrogens with zero attached hydrogens (tertiary/aromatic N) is 1. The Morgan fingerprint density at radius 2 is 1.76 bits per heavy atom. The van der Waals surface area contributed by atoms with Crippen LogP contribution in [0.5, 0.6) is 11.5 Å². The Kier molecular flexibility index (Phi) is 6.60. The number of carbonyl (C=O) groups excluding carboxylic acids is 3. The summed E-state index contributed by atoms with van der Waals surface area (Å²) in [6.45, 7) is 0.181. The number of hydrogen-bond donors (Lipinski definition) is 1. The average Bonchev–Trinajstić information content (AvgIpc) is 2.83. The van der Waals surface area contributed by atoms with Crippen molar-refractivity contribution in [1.82, 2.24) is 5.32 Å². The van der Waals surface area contributed by atoms with E-state index in [2.05, 4.69) is 5.32 Å². The fourth-order valence-electron chi connectivity index (χ4n) is 3.29. The SMILES string of the molecule is COc1ccc(/C=C2/C(=O)NC(=O)N(c3ccccc3F)C2=O)c(OCc2ccc(Cl)cc2)c1. The number of methoxy groups -OCH3 is 1. The highest BCUT2D eigenvalue weighted by atomic mass is 35.5. The summed E-state index contributed by atoms with van der Waals surface area (Å²) < 4.78 is 25.5. The number of benzene rings is 3. The highest BCUT2D eigenvalue weighted by molar-refractivity contribution is 6.39. The second kappa shape index (κ2) is 9.76. The van der Waals surface area contributed by atoms with Gasteiger partial charge >= 0.3 is 6.03 Å². The molecular weight excluding hydrogens is 463 g/mol. The highest BCUT2D eigenvalue weighted by Crippen LogP contribution is 2.30. The molecule has 4 rings (SSSR count). The molecule has 7 nitrogen and oxygen atoms in total. The number of carbonyl (C=O) groups is 3. The van der Waals surface area contributed by atoms with E-state index < -0.39 is 23.7 Å². The number of para-hydroxylation sites is 1. The standard InChI is InChI=1S/C25H18ClFN2O5/c1-33-18-11-8-16(22(13-18)34-14-15-6-9-17(26)10-7-15)12-19-23(30)28-25(32)29(24(19)31)21-5-3-2-4-20(21)27/h2-13H,14H2,1H3,(H,28,30,32)/b19-12-. The number of hydrogen-bond acceptors (Lipinski definition) is 5. The number of halogens is 2. The summed E-state index contributed by atoms with van der Waals surface area (Å²) in [6.07, 6.45) is 1.29. The summed E-state index contributed by atoms with van der Waals surface area (Å²) in [5, 5.41) is 2.66. The van der Waals surface area contributed by atoms with E-state index in [1.807, 2.05) is 0 Å². The molecule has 1 heterocycles. The molecule has 0 saturated carbocycles. The molecule has 0 unspecified atom stereocenters. The van der Waals surface area contributed by atoms with Gasteiger partial charge in [0.2, 0.25) is 0 Å². The Morgan fingerprint density at radius 1 is 1.03 bits per heavy atom. The van der Waals surface area contributed by atoms with Crippen LogP contribution in [0.4, 0.5) is 14.9 Å². The first kappa shape index (κ1) is 23.0. The topological polar surface area (TPSA) is 84.9 Å². The molecule has 1 saturated heterocycles. The quantitative estimate of drug-likeness (QED) is 0.407. The van der Waals surface area contributed by atoms with E-state index in [1.54, 1.807) is 42.5 Å². The monoisotopic (exact) mass is 480 g/mol. The summed E-state index contributed by atoms with van der Waals surface area (Å²) >= 11 is 5.92. The molecule has 1 N–H and O–H groups in total. The van der Waals surface area contributed by atoms with Gasteiger partial charge in [-0.1, -0.05) is 35.9 Å². The van der Waals surface area contributed by atoms with Gasteiger partial charge in [0.05, 0.1) is 12.8 Å². The Hall–Kier alpha value is -4.17. The number of anilines is 1. The maximum Gasteiger partial charge on any atom is 0.336 e. The first-order chi connectivity index (χ1) is 16.4. The highest BCUT2D eigenvalue weighted by Gasteiger charge is 2.38. The number of nitrogens with one attached hydrogen (secondary N) is 1. The van der Waals surface area contributed by atoms with Gasteiger partial charge in [-0.25, -0.2) is 14.1 Å². The van der Waals surface area contributed by atoms with Crippen LogP contribution in [0.1, 0.15) is 11.1 Å². The van der Waals surface area contributed by atoms with Gasteiger partial charge in [-0.3, -0.25) is 14.9 Å². The van der Waals surface area contributed by atoms with Crippen LogP contribution >= 0.6 is 11.6 Å². The van der Waals surface area contributed by atoms with Crippen LogP contribution < -0.4 is 19.7 Å². The minimum Gasteiger partial charge on any atom is -0.497 e. The van der Waals surface area contributed by atoms with Gasteiger partial charge in [-0.15, -0.1) is 0 Å². The first-order valence-electron chi connectivity index (χ1n) is 10.1. The van der Waals surface area contributed by atoms with Gasteiger partial charge < -0.3 is 9.47 Å². The number of urea groups is 1. The molecule has 34 heavy (non-hydrogen) atoms. The van der Waals surface area contributed by atoms with Gasteiger partial charge in [-0.05, 0) is 48.0 Å². The van der Waals surface area contributed by atoms with Crippen molar-refractivity contribution in [3.8, 4) is 11.5 Å². The van der Waals surface area contributed by atoms with Crippen molar-refractivity contribution >= 4 is 41.2 Å². The van der Waals surface area contributed by atoms with Crippen LogP contribution in [0.15, 0.2) is 72.3 Å². The third-order valence-electron chi connectivity index (χ3n) is 5.02. The van der Waals surface area contributed by atoms with Crippen LogP contribution in [0.25, 0.3) is 6.08 Å². The third-order valence-corrected chi connectivity index (χ3v) is 5.28. The van der Waals surface area contributed by atoms with E-state index >= 15 is 0 Å². The van der Waals surface area contributed by atoms with Gasteiger partial charge in [0.15, 0.2) is 0 Å². The number of imide groups is 2. The molecule has 3 aromatic rings. The average molecular weight is 481 g/mol. The predicted octanol–water partition coefficient (Wildman–Crippen LogP) is 4.73. The van der Waals surface area contributed by atoms with Crippen molar-refractivity contribution in [2.75, 3.05) is 12.0 Å². The second-order valence-corrected chi connectivity index (χ2v) is 7.66. The molecule has 3 aromatic carbocycles. The Bertz CT molecular complexity index is 1310. The molecule has 1 fully saturated rings. The summed E-state index contributed by atoms with van der Waals surface area (Å²) in [5.41, 5.74) is 0.603. The minimum atomic E-state index is -1.04. The van der Waals surface area contributed by atoms with Crippen LogP contribution in [-0.2, 0) is 16.2 Å². The minimum absolute atomic E-state index is 0.181. The zero-order valence-electron chi connectivity index (χ0n) is 17.9. The van der Waals surface area contributed by atoms with Gasteiger partial charge in [0, 0.05) is 16.7 Å². The Labute approximate surface area is 199 Å². The molecular formula is C25H18ClFN2O5. The molecule has 0 atom stereocenters. The first-order valence-corrected chi connectivity index (χ1v) is 10.5. The molecule has 1 aliphatic heterocycles. The summed E-state index contributed by atoms with van der Waals surface area (Å²) in [6, 6.07) is 16.2. The second-order valence-electron chi connectivity index (χ2n) is 7.23. The van der Waals surface area contributed by atoms with Crippen molar-refractivity contribution in [3.05, 3.63) is 94.3 Å². The maximum atomic E-state index is 14.3. The van der Waals surface area contributed by atoms with E-state index in [0.717, 1.165) is 11.6 Å². The lowest BCUT2D eigenvalue weighted by molar-refractivity contribution is -0.122. The largest absolute Gasteiger partial charge is 0.497 e. The lowest BCUT2D eigenvalue weighted by Crippen LogP contribution is -2.54. The molecule has 9 heteroatoms. The lowest BCUT2D eigenvalue weighted by atomic mass is 10.1. The molecule has 0 radical (unpaired) electrons. The molecule has 172 valence electrons. The van der Waals surface area contributed by atoms with Gasteiger partial charge in [0.25, 0.3) is 11.8 Å². The smallest absolute Gasteiger partial charge is 0.336 e. The van der Waals surface area contributed by atoms with E-state index in [-0.39, 0.29) is 17.9 Å². The van der Waals surface area contributed by atoms with Crippen LogP contribution in [0.3, 0.4) is 0 Å². The molecule has 0 aromatic heterocycles. The third kappa shape index (κ3) is 4.77. The summed E-state index contributed by atoms with van der Waals surface area (Å²) in [4.78, 5) is 38.5. The van der Waals surface area contributed by atoms with Crippen LogP contribution in [0.2, 0.25) is 5.02 Å². The number of ether oxygens (including phenoxy) is 2. The van der Waals surface area contributed by atoms with Crippen LogP contribution in [-0.4, -0.2) is 25.0 Å². The predicted molar refractivity (Wildman–Crippen MR) is 124 cm³/mol. The molecule has 0 bridgehead atoms. The number of rotatable bonds is 6. The fraction of sp³-hybridized carbons (Fsp3) is 0.0800. The van der Waals surface area contributed by atoms with Crippen LogP contribution in [0, 0.1) is 5.82 Å². The van der Waals surface area contributed by atoms with E-state index in [9.17, 15) is 18.8 Å².